The highest BCUT2D eigenvalue weighted by Crippen LogP contribution is 2.04. The first-order valence-corrected chi connectivity index (χ1v) is 4.17. The molecule has 0 amide bonds. The van der Waals surface area contributed by atoms with E-state index in [2.05, 4.69) is 13.2 Å². The van der Waals surface area contributed by atoms with Crippen molar-refractivity contribution in [3.05, 3.63) is 25.3 Å². The van der Waals surface area contributed by atoms with Gasteiger partial charge < -0.3 is 4.55 Å². The van der Waals surface area contributed by atoms with Crippen LogP contribution in [0.1, 0.15) is 12.8 Å². The summed E-state index contributed by atoms with van der Waals surface area (Å²) in [5.41, 5.74) is 0. The van der Waals surface area contributed by atoms with Crippen LogP contribution in [0.3, 0.4) is 0 Å². The van der Waals surface area contributed by atoms with E-state index in [1.807, 2.05) is 0 Å². The Morgan fingerprint density at radius 1 is 1.60 bits per heavy atom. The molecule has 0 fully saturated rings. The molecule has 2 nitrogen and oxygen atoms in total. The van der Waals surface area contributed by atoms with Crippen molar-refractivity contribution in [2.75, 3.05) is 0 Å². The predicted molar refractivity (Wildman–Crippen MR) is 42.3 cm³/mol. The van der Waals surface area contributed by atoms with E-state index in [9.17, 15) is 8.76 Å². The molecule has 0 N–H and O–H groups in total. The maximum atomic E-state index is 10.3. The lowest BCUT2D eigenvalue weighted by Crippen LogP contribution is -2.10. The number of hydrogen-bond acceptors (Lipinski definition) is 2. The molecule has 0 aromatic rings. The van der Waals surface area contributed by atoms with Crippen LogP contribution in [-0.2, 0) is 11.1 Å². The zero-order chi connectivity index (χ0) is 7.98. The van der Waals surface area contributed by atoms with Gasteiger partial charge >= 0.3 is 0 Å². The maximum Gasteiger partial charge on any atom is 0.0395 e. The second-order valence-electron chi connectivity index (χ2n) is 1.90. The number of rotatable bonds is 5. The molecule has 2 unspecified atom stereocenters. The van der Waals surface area contributed by atoms with Gasteiger partial charge in [-0.15, -0.1) is 13.2 Å². The zero-order valence-electron chi connectivity index (χ0n) is 5.79. The normalized spacial score (nSPS) is 15.7. The average molecular weight is 159 g/mol. The molecule has 0 aromatic carbocycles. The van der Waals surface area contributed by atoms with Crippen molar-refractivity contribution in [3.63, 3.8) is 0 Å². The van der Waals surface area contributed by atoms with Gasteiger partial charge in [0.05, 0.1) is 0 Å². The molecule has 2 atom stereocenters. The van der Waals surface area contributed by atoms with E-state index in [0.717, 1.165) is 0 Å². The Hall–Kier alpha value is -0.410. The molecule has 0 aromatic heterocycles. The van der Waals surface area contributed by atoms with Crippen LogP contribution in [0.15, 0.2) is 25.3 Å². The Kier molecular flexibility index (Phi) is 5.16. The zero-order valence-corrected chi connectivity index (χ0v) is 6.60. The lowest BCUT2D eigenvalue weighted by Gasteiger charge is -2.13. The van der Waals surface area contributed by atoms with Crippen molar-refractivity contribution in [1.29, 1.82) is 0 Å². The minimum Gasteiger partial charge on any atom is -0.772 e. The summed E-state index contributed by atoms with van der Waals surface area (Å²) in [7, 11) is 0. The molecule has 0 aliphatic rings. The Morgan fingerprint density at radius 2 is 2.20 bits per heavy atom. The van der Waals surface area contributed by atoms with Gasteiger partial charge in [0.25, 0.3) is 0 Å². The lowest BCUT2D eigenvalue weighted by atomic mass is 10.2. The van der Waals surface area contributed by atoms with E-state index in [0.29, 0.717) is 12.8 Å². The molecule has 0 rings (SSSR count). The smallest absolute Gasteiger partial charge is 0.0395 e. The second kappa shape index (κ2) is 5.38. The van der Waals surface area contributed by atoms with Gasteiger partial charge in [-0.3, -0.25) is 4.21 Å². The molecule has 10 heavy (non-hydrogen) atoms. The molecule has 0 aliphatic carbocycles. The Morgan fingerprint density at radius 3 is 2.50 bits per heavy atom. The van der Waals surface area contributed by atoms with Gasteiger partial charge in [0, 0.05) is 5.25 Å². The quantitative estimate of drug-likeness (QED) is 0.449. The van der Waals surface area contributed by atoms with Gasteiger partial charge in [-0.1, -0.05) is 12.2 Å². The van der Waals surface area contributed by atoms with E-state index in [1.165, 1.54) is 6.08 Å². The van der Waals surface area contributed by atoms with E-state index >= 15 is 0 Å². The standard InChI is InChI=1S/C7H12O2S/c1-3-5-6-7(4-2)10(8)9/h3-4,7H,1-2,5-6H2,(H,8,9)/p-1. The van der Waals surface area contributed by atoms with Crippen LogP contribution in [0.4, 0.5) is 0 Å². The van der Waals surface area contributed by atoms with Gasteiger partial charge in [-0.2, -0.15) is 0 Å². The Bertz CT molecular complexity index is 143. The van der Waals surface area contributed by atoms with Crippen LogP contribution in [0.5, 0.6) is 0 Å². The van der Waals surface area contributed by atoms with Crippen LogP contribution in [0.25, 0.3) is 0 Å². The van der Waals surface area contributed by atoms with Crippen LogP contribution < -0.4 is 0 Å². The highest BCUT2D eigenvalue weighted by Gasteiger charge is 2.00. The fraction of sp³-hybridized carbons (Fsp3) is 0.429. The van der Waals surface area contributed by atoms with E-state index < -0.39 is 16.3 Å². The first-order chi connectivity index (χ1) is 4.72. The summed E-state index contributed by atoms with van der Waals surface area (Å²) in [5.74, 6) is 0. The molecule has 58 valence electrons. The molecule has 0 radical (unpaired) electrons. The topological polar surface area (TPSA) is 40.1 Å². The van der Waals surface area contributed by atoms with E-state index in [1.54, 1.807) is 6.08 Å². The molecule has 0 bridgehead atoms. The van der Waals surface area contributed by atoms with Crippen molar-refractivity contribution in [2.45, 2.75) is 18.1 Å². The summed E-state index contributed by atoms with van der Waals surface area (Å²) in [4.78, 5) is 0. The summed E-state index contributed by atoms with van der Waals surface area (Å²) in [6, 6.07) is 0. The van der Waals surface area contributed by atoms with Gasteiger partial charge in [-0.25, -0.2) is 0 Å². The fourth-order valence-corrected chi connectivity index (χ4v) is 1.06. The molecule has 0 saturated heterocycles. The van der Waals surface area contributed by atoms with Crippen molar-refractivity contribution in [3.8, 4) is 0 Å². The maximum absolute atomic E-state index is 10.3. The number of hydrogen-bond donors (Lipinski definition) is 0. The van der Waals surface area contributed by atoms with Crippen molar-refractivity contribution in [2.24, 2.45) is 0 Å². The van der Waals surface area contributed by atoms with Gasteiger partial charge in [0.1, 0.15) is 0 Å². The summed E-state index contributed by atoms with van der Waals surface area (Å²) in [6.45, 7) is 6.90. The summed E-state index contributed by atoms with van der Waals surface area (Å²) >= 11 is -2.02. The first kappa shape index (κ1) is 9.59. The minimum absolute atomic E-state index is 0.419. The van der Waals surface area contributed by atoms with Crippen LogP contribution >= 0.6 is 0 Å². The van der Waals surface area contributed by atoms with Gasteiger partial charge in [0.2, 0.25) is 0 Å². The Balaban J connectivity index is 3.71. The average Bonchev–Trinajstić information content (AvgIpc) is 1.89. The summed E-state index contributed by atoms with van der Waals surface area (Å²) < 4.78 is 20.7. The molecule has 0 saturated carbocycles. The highest BCUT2D eigenvalue weighted by molar-refractivity contribution is 7.80. The van der Waals surface area contributed by atoms with Crippen LogP contribution in [-0.4, -0.2) is 14.0 Å². The minimum atomic E-state index is -2.02. The monoisotopic (exact) mass is 159 g/mol. The molecule has 3 heteroatoms. The molecular formula is C7H11O2S-. The van der Waals surface area contributed by atoms with Crippen molar-refractivity contribution in [1.82, 2.24) is 0 Å². The van der Waals surface area contributed by atoms with Crippen LogP contribution in [0, 0.1) is 0 Å². The van der Waals surface area contributed by atoms with E-state index in [-0.39, 0.29) is 0 Å². The van der Waals surface area contributed by atoms with E-state index in [4.69, 9.17) is 0 Å². The third kappa shape index (κ3) is 3.58. The molecule has 0 aliphatic heterocycles. The fourth-order valence-electron chi connectivity index (χ4n) is 0.575. The predicted octanol–water partition coefficient (Wildman–Crippen LogP) is 1.39. The summed E-state index contributed by atoms with van der Waals surface area (Å²) in [5, 5.41) is -0.419. The molecule has 0 heterocycles. The van der Waals surface area contributed by atoms with Crippen LogP contribution in [0.2, 0.25) is 0 Å². The SMILES string of the molecule is C=CCCC(C=C)S(=O)[O-]. The third-order valence-electron chi connectivity index (χ3n) is 1.17. The largest absolute Gasteiger partial charge is 0.772 e. The van der Waals surface area contributed by atoms with Crippen molar-refractivity contribution >= 4 is 11.1 Å². The lowest BCUT2D eigenvalue weighted by molar-refractivity contribution is 0.526. The van der Waals surface area contributed by atoms with Gasteiger partial charge in [0.15, 0.2) is 0 Å². The van der Waals surface area contributed by atoms with Crippen molar-refractivity contribution < 1.29 is 8.76 Å². The highest BCUT2D eigenvalue weighted by atomic mass is 32.2. The number of allylic oxidation sites excluding steroid dienone is 1. The van der Waals surface area contributed by atoms with Gasteiger partial charge in [-0.05, 0) is 23.9 Å². The second-order valence-corrected chi connectivity index (χ2v) is 3.03. The molecular weight excluding hydrogens is 148 g/mol. The first-order valence-electron chi connectivity index (χ1n) is 3.04. The third-order valence-corrected chi connectivity index (χ3v) is 2.09. The summed E-state index contributed by atoms with van der Waals surface area (Å²) in [6.07, 6.45) is 4.43. The molecule has 0 spiro atoms. The Labute approximate surface area is 63.9 Å².